The van der Waals surface area contributed by atoms with Gasteiger partial charge in [0.1, 0.15) is 5.82 Å². The Hall–Kier alpha value is -2.55. The highest BCUT2D eigenvalue weighted by Gasteiger charge is 2.23. The highest BCUT2D eigenvalue weighted by Crippen LogP contribution is 2.33. The molecule has 1 aliphatic rings. The van der Waals surface area contributed by atoms with Crippen LogP contribution in [0.5, 0.6) is 0 Å². The van der Waals surface area contributed by atoms with Crippen LogP contribution >= 0.6 is 0 Å². The lowest BCUT2D eigenvalue weighted by Gasteiger charge is -2.25. The summed E-state index contributed by atoms with van der Waals surface area (Å²) >= 11 is 0. The van der Waals surface area contributed by atoms with Gasteiger partial charge in [0.25, 0.3) is 0 Å². The van der Waals surface area contributed by atoms with Gasteiger partial charge in [0.05, 0.1) is 11.7 Å². The molecule has 3 aromatic rings. The number of rotatable bonds is 2. The number of aromatic nitrogens is 2. The van der Waals surface area contributed by atoms with E-state index in [4.69, 9.17) is 5.10 Å². The maximum Gasteiger partial charge on any atom is 0.125 e. The molecule has 1 aromatic heterocycles. The van der Waals surface area contributed by atoms with Gasteiger partial charge in [0.15, 0.2) is 0 Å². The van der Waals surface area contributed by atoms with Crippen LogP contribution in [0.25, 0.3) is 11.3 Å². The van der Waals surface area contributed by atoms with Crippen molar-refractivity contribution >= 4 is 5.82 Å². The monoisotopic (exact) mass is 289 g/mol. The van der Waals surface area contributed by atoms with E-state index in [0.717, 1.165) is 24.5 Å². The molecule has 0 fully saturated rings. The number of benzene rings is 2. The first kappa shape index (κ1) is 13.1. The van der Waals surface area contributed by atoms with Gasteiger partial charge in [-0.25, -0.2) is 4.68 Å². The molecular formula is C19H19N3. The van der Waals surface area contributed by atoms with E-state index in [-0.39, 0.29) is 0 Å². The Kier molecular flexibility index (Phi) is 3.19. The van der Waals surface area contributed by atoms with E-state index in [1.54, 1.807) is 0 Å². The molecule has 22 heavy (non-hydrogen) atoms. The summed E-state index contributed by atoms with van der Waals surface area (Å²) in [5.74, 6) is 1.11. The molecule has 110 valence electrons. The van der Waals surface area contributed by atoms with Crippen LogP contribution in [0.2, 0.25) is 0 Å². The van der Waals surface area contributed by atoms with Gasteiger partial charge in [-0.05, 0) is 24.5 Å². The summed E-state index contributed by atoms with van der Waals surface area (Å²) in [4.78, 5) is 0. The average molecular weight is 289 g/mol. The quantitative estimate of drug-likeness (QED) is 0.763. The molecule has 0 saturated heterocycles. The molecule has 0 aliphatic carbocycles. The van der Waals surface area contributed by atoms with E-state index < -0.39 is 0 Å². The molecule has 0 saturated carbocycles. The van der Waals surface area contributed by atoms with Crippen LogP contribution in [0.15, 0.2) is 60.7 Å². The largest absolute Gasteiger partial charge is 0.370 e. The topological polar surface area (TPSA) is 29.9 Å². The third kappa shape index (κ3) is 2.19. The first-order valence-electron chi connectivity index (χ1n) is 7.77. The minimum absolute atomic E-state index is 0.315. The van der Waals surface area contributed by atoms with Gasteiger partial charge < -0.3 is 5.32 Å². The summed E-state index contributed by atoms with van der Waals surface area (Å²) in [7, 11) is 0. The lowest BCUT2D eigenvalue weighted by molar-refractivity contribution is 0.483. The maximum atomic E-state index is 4.89. The van der Waals surface area contributed by atoms with Crippen LogP contribution in [-0.4, -0.2) is 16.3 Å². The summed E-state index contributed by atoms with van der Waals surface area (Å²) in [5, 5.41) is 8.37. The van der Waals surface area contributed by atoms with E-state index in [2.05, 4.69) is 77.6 Å². The Bertz CT molecular complexity index is 789. The molecule has 1 N–H and O–H groups in total. The Morgan fingerprint density at radius 3 is 2.64 bits per heavy atom. The van der Waals surface area contributed by atoms with E-state index in [9.17, 15) is 0 Å². The normalized spacial score (nSPS) is 16.9. The molecule has 1 aliphatic heterocycles. The van der Waals surface area contributed by atoms with Gasteiger partial charge in [-0.1, -0.05) is 54.6 Å². The lowest BCUT2D eigenvalue weighted by atomic mass is 10.0. The van der Waals surface area contributed by atoms with Gasteiger partial charge in [0.2, 0.25) is 0 Å². The highest BCUT2D eigenvalue weighted by molar-refractivity contribution is 5.66. The Morgan fingerprint density at radius 2 is 1.82 bits per heavy atom. The fourth-order valence-electron chi connectivity index (χ4n) is 3.20. The van der Waals surface area contributed by atoms with Crippen molar-refractivity contribution < 1.29 is 0 Å². The summed E-state index contributed by atoms with van der Waals surface area (Å²) in [5.41, 5.74) is 4.83. The van der Waals surface area contributed by atoms with E-state index >= 15 is 0 Å². The van der Waals surface area contributed by atoms with E-state index in [0.29, 0.717) is 6.04 Å². The molecule has 1 unspecified atom stereocenters. The minimum Gasteiger partial charge on any atom is -0.370 e. The first-order valence-corrected chi connectivity index (χ1v) is 7.77. The van der Waals surface area contributed by atoms with Crippen LogP contribution < -0.4 is 5.32 Å². The molecule has 2 heterocycles. The van der Waals surface area contributed by atoms with Crippen molar-refractivity contribution in [1.29, 1.82) is 0 Å². The average Bonchev–Trinajstić information content (AvgIpc) is 3.00. The summed E-state index contributed by atoms with van der Waals surface area (Å²) in [6.07, 6.45) is 1.06. The second-order valence-corrected chi connectivity index (χ2v) is 5.82. The fraction of sp³-hybridized carbons (Fsp3) is 0.211. The van der Waals surface area contributed by atoms with Crippen LogP contribution in [0.1, 0.15) is 23.6 Å². The molecule has 1 atom stereocenters. The zero-order chi connectivity index (χ0) is 14.9. The molecule has 3 heteroatoms. The van der Waals surface area contributed by atoms with Crippen molar-refractivity contribution in [2.24, 2.45) is 0 Å². The van der Waals surface area contributed by atoms with Crippen LogP contribution in [-0.2, 0) is 0 Å². The predicted molar refractivity (Wildman–Crippen MR) is 90.1 cm³/mol. The number of nitrogens with one attached hydrogen (secondary N) is 1. The van der Waals surface area contributed by atoms with Crippen molar-refractivity contribution in [1.82, 2.24) is 9.78 Å². The molecule has 4 rings (SSSR count). The van der Waals surface area contributed by atoms with Crippen molar-refractivity contribution in [3.05, 3.63) is 71.8 Å². The number of anilines is 1. The first-order chi connectivity index (χ1) is 10.8. The zero-order valence-corrected chi connectivity index (χ0v) is 12.7. The smallest absolute Gasteiger partial charge is 0.125 e. The van der Waals surface area contributed by atoms with Gasteiger partial charge in [-0.2, -0.15) is 5.10 Å². The maximum absolute atomic E-state index is 4.89. The molecule has 0 radical (unpaired) electrons. The van der Waals surface area contributed by atoms with E-state index in [1.165, 1.54) is 16.7 Å². The Balaban J connectivity index is 1.79. The lowest BCUT2D eigenvalue weighted by Crippen LogP contribution is -2.24. The molecule has 0 amide bonds. The summed E-state index contributed by atoms with van der Waals surface area (Å²) in [6, 6.07) is 21.5. The summed E-state index contributed by atoms with van der Waals surface area (Å²) < 4.78 is 2.14. The standard InChI is InChI=1S/C19H19N3/c1-14-7-5-6-10-16(14)17-13-19-20-12-11-18(22(19)21-17)15-8-3-2-4-9-15/h2-10,13,18,20H,11-12H2,1H3. The SMILES string of the molecule is Cc1ccccc1-c1cc2n(n1)C(c1ccccc1)CCN2. The molecular weight excluding hydrogens is 270 g/mol. The third-order valence-electron chi connectivity index (χ3n) is 4.36. The second kappa shape index (κ2) is 5.34. The van der Waals surface area contributed by atoms with Crippen LogP contribution in [0.3, 0.4) is 0 Å². The second-order valence-electron chi connectivity index (χ2n) is 5.82. The molecule has 3 nitrogen and oxygen atoms in total. The minimum atomic E-state index is 0.315. The molecule has 0 bridgehead atoms. The van der Waals surface area contributed by atoms with Gasteiger partial charge in [0, 0.05) is 18.2 Å². The molecule has 0 spiro atoms. The summed E-state index contributed by atoms with van der Waals surface area (Å²) in [6.45, 7) is 3.12. The van der Waals surface area contributed by atoms with Gasteiger partial charge in [-0.15, -0.1) is 0 Å². The van der Waals surface area contributed by atoms with Crippen LogP contribution in [0, 0.1) is 6.92 Å². The fourth-order valence-corrected chi connectivity index (χ4v) is 3.20. The molecule has 2 aromatic carbocycles. The Morgan fingerprint density at radius 1 is 1.05 bits per heavy atom. The highest BCUT2D eigenvalue weighted by atomic mass is 15.4. The van der Waals surface area contributed by atoms with Crippen molar-refractivity contribution in [2.75, 3.05) is 11.9 Å². The zero-order valence-electron chi connectivity index (χ0n) is 12.7. The van der Waals surface area contributed by atoms with Crippen LogP contribution in [0.4, 0.5) is 5.82 Å². The van der Waals surface area contributed by atoms with Crippen molar-refractivity contribution in [3.63, 3.8) is 0 Å². The number of nitrogens with zero attached hydrogens (tertiary/aromatic N) is 2. The van der Waals surface area contributed by atoms with Gasteiger partial charge in [-0.3, -0.25) is 0 Å². The number of aryl methyl sites for hydroxylation is 1. The van der Waals surface area contributed by atoms with E-state index in [1.807, 2.05) is 0 Å². The number of fused-ring (bicyclic) bond motifs is 1. The Labute approximate surface area is 130 Å². The predicted octanol–water partition coefficient (Wildman–Crippen LogP) is 4.26. The number of hydrogen-bond acceptors (Lipinski definition) is 2. The van der Waals surface area contributed by atoms with Crippen molar-refractivity contribution in [2.45, 2.75) is 19.4 Å². The third-order valence-corrected chi connectivity index (χ3v) is 4.36. The number of hydrogen-bond donors (Lipinski definition) is 1. The van der Waals surface area contributed by atoms with Gasteiger partial charge >= 0.3 is 0 Å². The van der Waals surface area contributed by atoms with Crippen molar-refractivity contribution in [3.8, 4) is 11.3 Å².